The largest absolute Gasteiger partial charge is 0.508 e. The zero-order valence-corrected chi connectivity index (χ0v) is 12.4. The fourth-order valence-corrected chi connectivity index (χ4v) is 1.11. The van der Waals surface area contributed by atoms with Gasteiger partial charge in [-0.05, 0) is 30.6 Å². The van der Waals surface area contributed by atoms with Crippen LogP contribution in [0.1, 0.15) is 61.3 Å². The first-order chi connectivity index (χ1) is 7.52. The predicted molar refractivity (Wildman–Crippen MR) is 70.0 cm³/mol. The van der Waals surface area contributed by atoms with Gasteiger partial charge in [-0.1, -0.05) is 41.5 Å². The van der Waals surface area contributed by atoms with Crippen LogP contribution in [0.15, 0.2) is 0 Å². The lowest BCUT2D eigenvalue weighted by molar-refractivity contribution is -0.00964. The highest BCUT2D eigenvalue weighted by atomic mass is 16.7. The van der Waals surface area contributed by atoms with E-state index in [1.165, 1.54) is 0 Å². The van der Waals surface area contributed by atoms with Gasteiger partial charge in [0.1, 0.15) is 6.10 Å². The lowest BCUT2D eigenvalue weighted by Crippen LogP contribution is -2.29. The van der Waals surface area contributed by atoms with E-state index in [1.807, 2.05) is 27.7 Å². The number of carbonyl (C=O) groups excluding carboxylic acids is 1. The molecule has 0 radical (unpaired) electrons. The number of hydrogen-bond donors (Lipinski definition) is 0. The number of hydrogen-bond acceptors (Lipinski definition) is 3. The summed E-state index contributed by atoms with van der Waals surface area (Å²) in [6, 6.07) is 0. The van der Waals surface area contributed by atoms with Crippen LogP contribution in [0.3, 0.4) is 0 Å². The van der Waals surface area contributed by atoms with Gasteiger partial charge in [-0.2, -0.15) is 0 Å². The molecule has 0 N–H and O–H groups in total. The second-order valence-electron chi connectivity index (χ2n) is 6.89. The van der Waals surface area contributed by atoms with Crippen LogP contribution in [0.4, 0.5) is 4.79 Å². The van der Waals surface area contributed by atoms with Crippen molar-refractivity contribution >= 4 is 6.16 Å². The molecule has 0 aromatic carbocycles. The monoisotopic (exact) mass is 244 g/mol. The molecule has 0 amide bonds. The zero-order chi connectivity index (χ0) is 13.7. The average molecular weight is 244 g/mol. The molecule has 17 heavy (non-hydrogen) atoms. The van der Waals surface area contributed by atoms with E-state index < -0.39 is 6.16 Å². The molecule has 0 bridgehead atoms. The second kappa shape index (κ2) is 6.27. The summed E-state index contributed by atoms with van der Waals surface area (Å²) in [5.41, 5.74) is 0.233. The number of ether oxygens (including phenoxy) is 2. The zero-order valence-electron chi connectivity index (χ0n) is 12.4. The van der Waals surface area contributed by atoms with Crippen molar-refractivity contribution in [2.45, 2.75) is 67.4 Å². The molecule has 0 aliphatic carbocycles. The topological polar surface area (TPSA) is 35.5 Å². The first kappa shape index (κ1) is 16.3. The molecule has 102 valence electrons. The van der Waals surface area contributed by atoms with Gasteiger partial charge in [-0.15, -0.1) is 0 Å². The highest BCUT2D eigenvalue weighted by molar-refractivity contribution is 5.60. The molecule has 0 heterocycles. The van der Waals surface area contributed by atoms with Gasteiger partial charge in [-0.3, -0.25) is 0 Å². The SMILES string of the molecule is CC(OC(=O)OCCCC(C)(C)C)C(C)(C)C. The Hall–Kier alpha value is -0.730. The summed E-state index contributed by atoms with van der Waals surface area (Å²) in [4.78, 5) is 11.4. The third kappa shape index (κ3) is 9.02. The van der Waals surface area contributed by atoms with E-state index >= 15 is 0 Å². The van der Waals surface area contributed by atoms with Crippen LogP contribution in [0.25, 0.3) is 0 Å². The minimum Gasteiger partial charge on any atom is -0.434 e. The quantitative estimate of drug-likeness (QED) is 0.543. The molecule has 0 saturated heterocycles. The van der Waals surface area contributed by atoms with Gasteiger partial charge in [0.25, 0.3) is 0 Å². The Morgan fingerprint density at radius 1 is 1.12 bits per heavy atom. The maximum absolute atomic E-state index is 11.4. The van der Waals surface area contributed by atoms with Gasteiger partial charge in [0.05, 0.1) is 6.61 Å². The van der Waals surface area contributed by atoms with E-state index in [0.29, 0.717) is 6.61 Å². The van der Waals surface area contributed by atoms with Crippen LogP contribution in [0, 0.1) is 10.8 Å². The Morgan fingerprint density at radius 3 is 2.06 bits per heavy atom. The van der Waals surface area contributed by atoms with E-state index in [2.05, 4.69) is 20.8 Å². The molecule has 1 unspecified atom stereocenters. The molecular weight excluding hydrogens is 216 g/mol. The van der Waals surface area contributed by atoms with Gasteiger partial charge < -0.3 is 9.47 Å². The van der Waals surface area contributed by atoms with E-state index in [1.54, 1.807) is 0 Å². The molecule has 0 saturated carbocycles. The standard InChI is InChI=1S/C14H28O3/c1-11(14(5,6)7)17-12(15)16-10-8-9-13(2,3)4/h11H,8-10H2,1-7H3. The lowest BCUT2D eigenvalue weighted by Gasteiger charge is -2.26. The Kier molecular flexibility index (Phi) is 6.00. The molecule has 0 aliphatic heterocycles. The number of carbonyl (C=O) groups is 1. The van der Waals surface area contributed by atoms with Crippen LogP contribution in [0.2, 0.25) is 0 Å². The fourth-order valence-electron chi connectivity index (χ4n) is 1.11. The summed E-state index contributed by atoms with van der Waals surface area (Å²) in [6.45, 7) is 14.9. The lowest BCUT2D eigenvalue weighted by atomic mass is 9.90. The first-order valence-electron chi connectivity index (χ1n) is 6.36. The smallest absolute Gasteiger partial charge is 0.434 e. The summed E-state index contributed by atoms with van der Waals surface area (Å²) in [5, 5.41) is 0. The van der Waals surface area contributed by atoms with Crippen molar-refractivity contribution in [2.24, 2.45) is 10.8 Å². The molecule has 0 fully saturated rings. The van der Waals surface area contributed by atoms with Crippen LogP contribution in [-0.4, -0.2) is 18.9 Å². The summed E-state index contributed by atoms with van der Waals surface area (Å²) in [5.74, 6) is 0. The summed E-state index contributed by atoms with van der Waals surface area (Å²) >= 11 is 0. The Balaban J connectivity index is 3.75. The summed E-state index contributed by atoms with van der Waals surface area (Å²) < 4.78 is 10.2. The van der Waals surface area contributed by atoms with Gasteiger partial charge in [0.2, 0.25) is 0 Å². The van der Waals surface area contributed by atoms with Crippen LogP contribution >= 0.6 is 0 Å². The summed E-state index contributed by atoms with van der Waals surface area (Å²) in [6.07, 6.45) is 1.22. The molecule has 0 aromatic rings. The molecule has 0 aliphatic rings. The molecule has 1 atom stereocenters. The van der Waals surface area contributed by atoms with Crippen molar-refractivity contribution in [3.05, 3.63) is 0 Å². The third-order valence-corrected chi connectivity index (χ3v) is 2.78. The minimum absolute atomic E-state index is 0.0512. The van der Waals surface area contributed by atoms with Crippen molar-refractivity contribution in [3.8, 4) is 0 Å². The molecule has 0 aromatic heterocycles. The van der Waals surface area contributed by atoms with Crippen molar-refractivity contribution in [3.63, 3.8) is 0 Å². The van der Waals surface area contributed by atoms with Crippen molar-refractivity contribution < 1.29 is 14.3 Å². The molecule has 3 nitrogen and oxygen atoms in total. The van der Waals surface area contributed by atoms with E-state index in [0.717, 1.165) is 12.8 Å². The maximum atomic E-state index is 11.4. The highest BCUT2D eigenvalue weighted by Gasteiger charge is 2.24. The average Bonchev–Trinajstić information content (AvgIpc) is 2.09. The van der Waals surface area contributed by atoms with Gasteiger partial charge >= 0.3 is 6.16 Å². The fraction of sp³-hybridized carbons (Fsp3) is 0.929. The van der Waals surface area contributed by atoms with Crippen LogP contribution in [0.5, 0.6) is 0 Å². The Morgan fingerprint density at radius 2 is 1.65 bits per heavy atom. The van der Waals surface area contributed by atoms with Crippen molar-refractivity contribution in [1.29, 1.82) is 0 Å². The molecule has 3 heteroatoms. The number of rotatable bonds is 4. The molecule has 0 spiro atoms. The molecular formula is C14H28O3. The second-order valence-corrected chi connectivity index (χ2v) is 6.89. The normalized spacial score (nSPS) is 14.3. The van der Waals surface area contributed by atoms with Gasteiger partial charge in [-0.25, -0.2) is 4.79 Å². The predicted octanol–water partition coefficient (Wildman–Crippen LogP) is 4.40. The van der Waals surface area contributed by atoms with E-state index in [9.17, 15) is 4.79 Å². The first-order valence-corrected chi connectivity index (χ1v) is 6.36. The van der Waals surface area contributed by atoms with Crippen LogP contribution < -0.4 is 0 Å². The van der Waals surface area contributed by atoms with Crippen molar-refractivity contribution in [2.75, 3.05) is 6.61 Å². The maximum Gasteiger partial charge on any atom is 0.508 e. The minimum atomic E-state index is -0.554. The van der Waals surface area contributed by atoms with Crippen LogP contribution in [-0.2, 0) is 9.47 Å². The molecule has 0 rings (SSSR count). The summed E-state index contributed by atoms with van der Waals surface area (Å²) in [7, 11) is 0. The van der Waals surface area contributed by atoms with Crippen molar-refractivity contribution in [1.82, 2.24) is 0 Å². The van der Waals surface area contributed by atoms with Gasteiger partial charge in [0.15, 0.2) is 0 Å². The van der Waals surface area contributed by atoms with Gasteiger partial charge in [0, 0.05) is 0 Å². The van der Waals surface area contributed by atoms with E-state index in [4.69, 9.17) is 9.47 Å². The Bertz CT molecular complexity index is 233. The highest BCUT2D eigenvalue weighted by Crippen LogP contribution is 2.22. The Labute approximate surface area is 106 Å². The third-order valence-electron chi connectivity index (χ3n) is 2.78. The van der Waals surface area contributed by atoms with E-state index in [-0.39, 0.29) is 16.9 Å².